The highest BCUT2D eigenvalue weighted by molar-refractivity contribution is 5.77. The smallest absolute Gasteiger partial charge is 0.246 e. The van der Waals surface area contributed by atoms with E-state index in [4.69, 9.17) is 14.0 Å². The first-order valence-corrected chi connectivity index (χ1v) is 8.10. The lowest BCUT2D eigenvalue weighted by atomic mass is 10.00. The maximum absolute atomic E-state index is 11.8. The third kappa shape index (κ3) is 4.87. The Balaban J connectivity index is 1.37. The summed E-state index contributed by atoms with van der Waals surface area (Å²) in [5, 5.41) is 6.71. The molecule has 1 saturated heterocycles. The van der Waals surface area contributed by atoms with Gasteiger partial charge in [0.25, 0.3) is 0 Å². The number of carbonyl (C=O) groups is 1. The van der Waals surface area contributed by atoms with Crippen LogP contribution in [0.2, 0.25) is 0 Å². The summed E-state index contributed by atoms with van der Waals surface area (Å²) in [7, 11) is 0. The first-order valence-electron chi connectivity index (χ1n) is 8.10. The van der Waals surface area contributed by atoms with Gasteiger partial charge >= 0.3 is 0 Å². The second-order valence-corrected chi connectivity index (χ2v) is 5.69. The van der Waals surface area contributed by atoms with Gasteiger partial charge < -0.3 is 19.3 Å². The third-order valence-electron chi connectivity index (χ3n) is 3.85. The summed E-state index contributed by atoms with van der Waals surface area (Å²) in [6.07, 6.45) is 1.80. The number of amides is 1. The number of hydrogen-bond acceptors (Lipinski definition) is 6. The monoisotopic (exact) mass is 331 g/mol. The Morgan fingerprint density at radius 3 is 2.83 bits per heavy atom. The molecule has 0 bridgehead atoms. The summed E-state index contributed by atoms with van der Waals surface area (Å²) >= 11 is 0. The normalized spacial score (nSPS) is 15.3. The van der Waals surface area contributed by atoms with Crippen molar-refractivity contribution in [3.63, 3.8) is 0 Å². The molecule has 1 aliphatic rings. The molecule has 7 nitrogen and oxygen atoms in total. The van der Waals surface area contributed by atoms with Crippen molar-refractivity contribution >= 4 is 5.91 Å². The van der Waals surface area contributed by atoms with Crippen LogP contribution >= 0.6 is 0 Å². The van der Waals surface area contributed by atoms with Gasteiger partial charge in [0.15, 0.2) is 5.82 Å². The molecule has 24 heavy (non-hydrogen) atoms. The average molecular weight is 331 g/mol. The molecule has 1 N–H and O–H groups in total. The van der Waals surface area contributed by atoms with Gasteiger partial charge in [-0.2, -0.15) is 4.98 Å². The van der Waals surface area contributed by atoms with Gasteiger partial charge in [-0.1, -0.05) is 35.5 Å². The van der Waals surface area contributed by atoms with Gasteiger partial charge in [0, 0.05) is 19.1 Å². The second-order valence-electron chi connectivity index (χ2n) is 5.69. The summed E-state index contributed by atoms with van der Waals surface area (Å²) in [5.74, 6) is 1.17. The van der Waals surface area contributed by atoms with Crippen LogP contribution in [0.3, 0.4) is 0 Å². The molecule has 0 spiro atoms. The van der Waals surface area contributed by atoms with Crippen LogP contribution in [0.4, 0.5) is 0 Å². The standard InChI is InChI=1S/C17H21N3O4/c21-15(12-23-11-13-4-2-1-3-5-13)18-10-16-19-17(20-24-16)14-6-8-22-9-7-14/h1-5,14H,6-12H2,(H,18,21). The van der Waals surface area contributed by atoms with Gasteiger partial charge in [-0.05, 0) is 18.4 Å². The van der Waals surface area contributed by atoms with E-state index in [0.717, 1.165) is 31.6 Å². The van der Waals surface area contributed by atoms with Gasteiger partial charge in [-0.3, -0.25) is 4.79 Å². The number of rotatable bonds is 7. The minimum absolute atomic E-state index is 0.00411. The molecule has 1 aliphatic heterocycles. The maximum atomic E-state index is 11.8. The molecular weight excluding hydrogens is 310 g/mol. The summed E-state index contributed by atoms with van der Waals surface area (Å²) in [6.45, 7) is 2.07. The van der Waals surface area contributed by atoms with Crippen molar-refractivity contribution in [3.05, 3.63) is 47.6 Å². The molecule has 1 aromatic heterocycles. The van der Waals surface area contributed by atoms with E-state index < -0.39 is 0 Å². The Kier molecular flexibility index (Phi) is 5.92. The SMILES string of the molecule is O=C(COCc1ccccc1)NCc1nc(C2CCOCC2)no1. The van der Waals surface area contributed by atoms with Crippen molar-refractivity contribution in [3.8, 4) is 0 Å². The Morgan fingerprint density at radius 2 is 2.04 bits per heavy atom. The van der Waals surface area contributed by atoms with Crippen LogP contribution in [0.25, 0.3) is 0 Å². The number of carbonyl (C=O) groups excluding carboxylic acids is 1. The molecule has 128 valence electrons. The molecular formula is C17H21N3O4. The predicted molar refractivity (Wildman–Crippen MR) is 85.0 cm³/mol. The molecule has 0 radical (unpaired) electrons. The highest BCUT2D eigenvalue weighted by Crippen LogP contribution is 2.24. The van der Waals surface area contributed by atoms with Crippen LogP contribution in [0.5, 0.6) is 0 Å². The zero-order valence-electron chi connectivity index (χ0n) is 13.4. The van der Waals surface area contributed by atoms with Crippen LogP contribution in [0, 0.1) is 0 Å². The van der Waals surface area contributed by atoms with Crippen molar-refractivity contribution in [1.29, 1.82) is 0 Å². The number of aromatic nitrogens is 2. The van der Waals surface area contributed by atoms with Crippen molar-refractivity contribution in [2.75, 3.05) is 19.8 Å². The van der Waals surface area contributed by atoms with E-state index in [1.54, 1.807) is 0 Å². The third-order valence-corrected chi connectivity index (χ3v) is 3.85. The van der Waals surface area contributed by atoms with E-state index in [1.165, 1.54) is 0 Å². The first-order chi connectivity index (χ1) is 11.8. The minimum atomic E-state index is -0.211. The van der Waals surface area contributed by atoms with E-state index in [2.05, 4.69) is 15.5 Å². The van der Waals surface area contributed by atoms with Crippen LogP contribution < -0.4 is 5.32 Å². The largest absolute Gasteiger partial charge is 0.381 e. The summed E-state index contributed by atoms with van der Waals surface area (Å²) in [6, 6.07) is 9.71. The number of benzene rings is 1. The van der Waals surface area contributed by atoms with Crippen LogP contribution in [0.1, 0.15) is 36.0 Å². The lowest BCUT2D eigenvalue weighted by molar-refractivity contribution is -0.126. The zero-order chi connectivity index (χ0) is 16.6. The average Bonchev–Trinajstić information content (AvgIpc) is 3.11. The summed E-state index contributed by atoms with van der Waals surface area (Å²) < 4.78 is 15.9. The molecule has 2 aromatic rings. The lowest BCUT2D eigenvalue weighted by Crippen LogP contribution is -2.27. The van der Waals surface area contributed by atoms with Gasteiger partial charge in [0.1, 0.15) is 6.61 Å². The number of nitrogens with one attached hydrogen (secondary N) is 1. The van der Waals surface area contributed by atoms with Gasteiger partial charge in [-0.25, -0.2) is 0 Å². The fourth-order valence-corrected chi connectivity index (χ4v) is 2.52. The molecule has 0 saturated carbocycles. The quantitative estimate of drug-likeness (QED) is 0.832. The highest BCUT2D eigenvalue weighted by atomic mass is 16.5. The molecule has 0 unspecified atom stereocenters. The van der Waals surface area contributed by atoms with E-state index in [0.29, 0.717) is 18.3 Å². The van der Waals surface area contributed by atoms with Crippen molar-refractivity contribution in [1.82, 2.24) is 15.5 Å². The number of nitrogens with zero attached hydrogens (tertiary/aromatic N) is 2. The van der Waals surface area contributed by atoms with Crippen molar-refractivity contribution < 1.29 is 18.8 Å². The second kappa shape index (κ2) is 8.56. The Bertz CT molecular complexity index is 638. The van der Waals surface area contributed by atoms with Gasteiger partial charge in [-0.15, -0.1) is 0 Å². The topological polar surface area (TPSA) is 86.5 Å². The Hall–Kier alpha value is -2.25. The predicted octanol–water partition coefficient (Wildman–Crippen LogP) is 1.80. The lowest BCUT2D eigenvalue weighted by Gasteiger charge is -2.18. The molecule has 7 heteroatoms. The molecule has 3 rings (SSSR count). The molecule has 0 aliphatic carbocycles. The van der Waals surface area contributed by atoms with E-state index in [9.17, 15) is 4.79 Å². The van der Waals surface area contributed by atoms with Crippen LogP contribution in [-0.4, -0.2) is 35.9 Å². The fourth-order valence-electron chi connectivity index (χ4n) is 2.52. The van der Waals surface area contributed by atoms with Crippen LogP contribution in [-0.2, 0) is 27.4 Å². The number of hydrogen-bond donors (Lipinski definition) is 1. The fraction of sp³-hybridized carbons (Fsp3) is 0.471. The summed E-state index contributed by atoms with van der Waals surface area (Å²) in [5.41, 5.74) is 1.03. The van der Waals surface area contributed by atoms with Crippen molar-refractivity contribution in [2.24, 2.45) is 0 Å². The molecule has 0 atom stereocenters. The molecule has 1 amide bonds. The van der Waals surface area contributed by atoms with E-state index >= 15 is 0 Å². The zero-order valence-corrected chi connectivity index (χ0v) is 13.4. The molecule has 1 aromatic carbocycles. The number of ether oxygens (including phenoxy) is 2. The molecule has 2 heterocycles. The van der Waals surface area contributed by atoms with E-state index in [-0.39, 0.29) is 25.0 Å². The van der Waals surface area contributed by atoms with Gasteiger partial charge in [0.2, 0.25) is 11.8 Å². The Morgan fingerprint density at radius 1 is 1.25 bits per heavy atom. The minimum Gasteiger partial charge on any atom is -0.381 e. The highest BCUT2D eigenvalue weighted by Gasteiger charge is 2.21. The van der Waals surface area contributed by atoms with Crippen LogP contribution in [0.15, 0.2) is 34.9 Å². The Labute approximate surface area is 140 Å². The first kappa shape index (κ1) is 16.6. The maximum Gasteiger partial charge on any atom is 0.246 e. The van der Waals surface area contributed by atoms with Crippen molar-refractivity contribution in [2.45, 2.75) is 31.9 Å². The van der Waals surface area contributed by atoms with E-state index in [1.807, 2.05) is 30.3 Å². The van der Waals surface area contributed by atoms with Gasteiger partial charge in [0.05, 0.1) is 13.2 Å². The summed E-state index contributed by atoms with van der Waals surface area (Å²) in [4.78, 5) is 16.1. The molecule has 1 fully saturated rings.